The van der Waals surface area contributed by atoms with Crippen LogP contribution in [0.2, 0.25) is 0 Å². The second kappa shape index (κ2) is 7.53. The standard InChI is InChI=1S/C24H16N2O5/c27-21(12-19-17-7-3-4-8-18(17)24(29)26-25-19)30-13-15-11-22(28)31-20-10-9-14-5-1-2-6-16(14)23(15)20/h1-11H,12-13H2,(H,26,29). The number of aromatic amines is 1. The van der Waals surface area contributed by atoms with E-state index in [1.807, 2.05) is 30.3 Å². The van der Waals surface area contributed by atoms with Crippen molar-refractivity contribution in [3.05, 3.63) is 98.8 Å². The van der Waals surface area contributed by atoms with Gasteiger partial charge in [-0.25, -0.2) is 9.89 Å². The molecule has 2 aromatic heterocycles. The summed E-state index contributed by atoms with van der Waals surface area (Å²) in [5, 5.41) is 10.1. The maximum absolute atomic E-state index is 12.5. The summed E-state index contributed by atoms with van der Waals surface area (Å²) in [5.74, 6) is -0.522. The smallest absolute Gasteiger partial charge is 0.336 e. The summed E-state index contributed by atoms with van der Waals surface area (Å²) in [6, 6.07) is 19.6. The monoisotopic (exact) mass is 412 g/mol. The zero-order valence-electron chi connectivity index (χ0n) is 16.3. The summed E-state index contributed by atoms with van der Waals surface area (Å²) < 4.78 is 10.8. The molecule has 152 valence electrons. The third kappa shape index (κ3) is 3.46. The molecule has 0 saturated carbocycles. The number of ether oxygens (including phenoxy) is 1. The third-order valence-electron chi connectivity index (χ3n) is 5.19. The number of aromatic nitrogens is 2. The lowest BCUT2D eigenvalue weighted by Gasteiger charge is -2.10. The highest BCUT2D eigenvalue weighted by Crippen LogP contribution is 2.27. The van der Waals surface area contributed by atoms with E-state index >= 15 is 0 Å². The fourth-order valence-corrected chi connectivity index (χ4v) is 3.79. The van der Waals surface area contributed by atoms with E-state index in [0.29, 0.717) is 27.6 Å². The number of esters is 1. The Bertz CT molecular complexity index is 1580. The van der Waals surface area contributed by atoms with Crippen molar-refractivity contribution in [2.45, 2.75) is 13.0 Å². The second-order valence-corrected chi connectivity index (χ2v) is 7.13. The molecule has 5 aromatic rings. The van der Waals surface area contributed by atoms with Crippen LogP contribution in [0.1, 0.15) is 11.3 Å². The summed E-state index contributed by atoms with van der Waals surface area (Å²) in [6.45, 7) is -0.0871. The first-order valence-electron chi connectivity index (χ1n) is 9.66. The number of nitrogens with zero attached hydrogens (tertiary/aromatic N) is 1. The summed E-state index contributed by atoms with van der Waals surface area (Å²) in [5.41, 5.74) is 0.591. The lowest BCUT2D eigenvalue weighted by molar-refractivity contribution is -0.144. The van der Waals surface area contributed by atoms with Gasteiger partial charge < -0.3 is 9.15 Å². The Kier molecular flexibility index (Phi) is 4.55. The summed E-state index contributed by atoms with van der Waals surface area (Å²) in [4.78, 5) is 36.5. The van der Waals surface area contributed by atoms with Gasteiger partial charge in [0.2, 0.25) is 0 Å². The molecule has 0 bridgehead atoms. The minimum atomic E-state index is -0.522. The van der Waals surface area contributed by atoms with E-state index in [4.69, 9.17) is 9.15 Å². The van der Waals surface area contributed by atoms with Crippen LogP contribution in [-0.4, -0.2) is 16.2 Å². The molecule has 0 aliphatic heterocycles. The van der Waals surface area contributed by atoms with Crippen molar-refractivity contribution >= 4 is 38.5 Å². The van der Waals surface area contributed by atoms with Gasteiger partial charge in [-0.2, -0.15) is 5.10 Å². The molecule has 7 nitrogen and oxygen atoms in total. The van der Waals surface area contributed by atoms with E-state index < -0.39 is 11.6 Å². The van der Waals surface area contributed by atoms with Gasteiger partial charge in [0.05, 0.1) is 17.5 Å². The van der Waals surface area contributed by atoms with Crippen LogP contribution in [0.15, 0.2) is 80.7 Å². The SMILES string of the molecule is O=C(Cc1n[nH]c(=O)c2ccccc12)OCc1cc(=O)oc2ccc3ccccc3c12. The minimum Gasteiger partial charge on any atom is -0.460 e. The number of carbonyl (C=O) groups is 1. The van der Waals surface area contributed by atoms with Crippen molar-refractivity contribution in [1.82, 2.24) is 10.2 Å². The highest BCUT2D eigenvalue weighted by Gasteiger charge is 2.14. The number of carbonyl (C=O) groups excluding carboxylic acids is 1. The molecule has 31 heavy (non-hydrogen) atoms. The van der Waals surface area contributed by atoms with Gasteiger partial charge in [-0.05, 0) is 22.9 Å². The van der Waals surface area contributed by atoms with E-state index in [2.05, 4.69) is 10.2 Å². The average molecular weight is 412 g/mol. The Morgan fingerprint density at radius 3 is 2.52 bits per heavy atom. The number of nitrogens with one attached hydrogen (secondary N) is 1. The van der Waals surface area contributed by atoms with Crippen molar-refractivity contribution in [2.24, 2.45) is 0 Å². The van der Waals surface area contributed by atoms with Crippen LogP contribution in [0.4, 0.5) is 0 Å². The van der Waals surface area contributed by atoms with E-state index in [0.717, 1.165) is 16.2 Å². The molecule has 0 aliphatic rings. The molecular formula is C24H16N2O5. The Morgan fingerprint density at radius 2 is 1.68 bits per heavy atom. The zero-order chi connectivity index (χ0) is 21.4. The van der Waals surface area contributed by atoms with Crippen LogP contribution < -0.4 is 11.2 Å². The molecule has 0 amide bonds. The van der Waals surface area contributed by atoms with Crippen molar-refractivity contribution in [3.8, 4) is 0 Å². The predicted molar refractivity (Wildman–Crippen MR) is 116 cm³/mol. The molecular weight excluding hydrogens is 396 g/mol. The van der Waals surface area contributed by atoms with Gasteiger partial charge in [-0.1, -0.05) is 48.5 Å². The molecule has 2 heterocycles. The van der Waals surface area contributed by atoms with Crippen LogP contribution in [0.3, 0.4) is 0 Å². The van der Waals surface area contributed by atoms with Crippen molar-refractivity contribution in [1.29, 1.82) is 0 Å². The minimum absolute atomic E-state index is 0.0871. The highest BCUT2D eigenvalue weighted by atomic mass is 16.5. The fraction of sp³-hybridized carbons (Fsp3) is 0.0833. The van der Waals surface area contributed by atoms with Crippen LogP contribution >= 0.6 is 0 Å². The van der Waals surface area contributed by atoms with Gasteiger partial charge >= 0.3 is 11.6 Å². The van der Waals surface area contributed by atoms with Gasteiger partial charge in [-0.15, -0.1) is 0 Å². The number of benzene rings is 3. The van der Waals surface area contributed by atoms with Crippen molar-refractivity contribution in [2.75, 3.05) is 0 Å². The predicted octanol–water partition coefficient (Wildman–Crippen LogP) is 3.47. The van der Waals surface area contributed by atoms with Gasteiger partial charge in [0.1, 0.15) is 12.2 Å². The summed E-state index contributed by atoms with van der Waals surface area (Å²) in [7, 11) is 0. The highest BCUT2D eigenvalue weighted by molar-refractivity contribution is 6.07. The molecule has 5 rings (SSSR count). The molecule has 0 unspecified atom stereocenters. The Balaban J connectivity index is 1.46. The largest absolute Gasteiger partial charge is 0.460 e. The Hall–Kier alpha value is -4.26. The first kappa shape index (κ1) is 18.7. The lowest BCUT2D eigenvalue weighted by atomic mass is 10.0. The fourth-order valence-electron chi connectivity index (χ4n) is 3.79. The number of fused-ring (bicyclic) bond motifs is 4. The van der Waals surface area contributed by atoms with Crippen molar-refractivity contribution in [3.63, 3.8) is 0 Å². The van der Waals surface area contributed by atoms with Gasteiger partial charge in [0.15, 0.2) is 0 Å². The molecule has 0 atom stereocenters. The zero-order valence-corrected chi connectivity index (χ0v) is 16.3. The average Bonchev–Trinajstić information content (AvgIpc) is 2.79. The van der Waals surface area contributed by atoms with E-state index in [1.54, 1.807) is 30.3 Å². The molecule has 0 fully saturated rings. The molecule has 0 aliphatic carbocycles. The topological polar surface area (TPSA) is 102 Å². The van der Waals surface area contributed by atoms with Crippen molar-refractivity contribution < 1.29 is 13.9 Å². The van der Waals surface area contributed by atoms with E-state index in [1.165, 1.54) is 6.07 Å². The number of hydrogen-bond donors (Lipinski definition) is 1. The Labute approximate surface area is 174 Å². The van der Waals surface area contributed by atoms with Gasteiger partial charge in [0, 0.05) is 22.4 Å². The normalized spacial score (nSPS) is 11.2. The first-order valence-corrected chi connectivity index (χ1v) is 9.66. The van der Waals surface area contributed by atoms with Crippen LogP contribution in [0, 0.1) is 0 Å². The van der Waals surface area contributed by atoms with E-state index in [-0.39, 0.29) is 18.6 Å². The molecule has 7 heteroatoms. The maximum atomic E-state index is 12.5. The summed E-state index contributed by atoms with van der Waals surface area (Å²) >= 11 is 0. The summed E-state index contributed by atoms with van der Waals surface area (Å²) in [6.07, 6.45) is -0.114. The molecule has 0 saturated heterocycles. The lowest BCUT2D eigenvalue weighted by Crippen LogP contribution is -2.15. The second-order valence-electron chi connectivity index (χ2n) is 7.13. The molecule has 1 N–H and O–H groups in total. The maximum Gasteiger partial charge on any atom is 0.336 e. The number of hydrogen-bond acceptors (Lipinski definition) is 6. The van der Waals surface area contributed by atoms with Crippen LogP contribution in [0.5, 0.6) is 0 Å². The Morgan fingerprint density at radius 1 is 0.935 bits per heavy atom. The van der Waals surface area contributed by atoms with E-state index in [9.17, 15) is 14.4 Å². The molecule has 0 spiro atoms. The molecule has 3 aromatic carbocycles. The first-order chi connectivity index (χ1) is 15.1. The quantitative estimate of drug-likeness (QED) is 0.275. The number of H-pyrrole nitrogens is 1. The number of rotatable bonds is 4. The van der Waals surface area contributed by atoms with Gasteiger partial charge in [-0.3, -0.25) is 9.59 Å². The van der Waals surface area contributed by atoms with Crippen LogP contribution in [-0.2, 0) is 22.6 Å². The third-order valence-corrected chi connectivity index (χ3v) is 5.19. The molecule has 0 radical (unpaired) electrons. The van der Waals surface area contributed by atoms with Crippen LogP contribution in [0.25, 0.3) is 32.5 Å². The van der Waals surface area contributed by atoms with Gasteiger partial charge in [0.25, 0.3) is 5.56 Å².